The fourth-order valence-electron chi connectivity index (χ4n) is 3.48. The molecule has 3 aromatic carbocycles. The molecule has 0 fully saturated rings. The lowest BCUT2D eigenvalue weighted by molar-refractivity contribution is 0.661. The van der Waals surface area contributed by atoms with Crippen molar-refractivity contribution in [3.63, 3.8) is 0 Å². The summed E-state index contributed by atoms with van der Waals surface area (Å²) >= 11 is 12.5. The lowest BCUT2D eigenvalue weighted by Crippen LogP contribution is -2.14. The molecule has 0 nitrogen and oxygen atoms in total. The zero-order chi connectivity index (χ0) is 14.8. The van der Waals surface area contributed by atoms with Crippen molar-refractivity contribution in [1.29, 1.82) is 0 Å². The lowest BCUT2D eigenvalue weighted by atomic mass is 9.82. The minimum atomic E-state index is 0.00306. The van der Waals surface area contributed by atoms with Crippen LogP contribution in [0, 0.1) is 0 Å². The zero-order valence-electron chi connectivity index (χ0n) is 11.9. The Morgan fingerprint density at radius 1 is 0.810 bits per heavy atom. The Bertz CT molecular complexity index is 891. The third-order valence-corrected chi connectivity index (χ3v) is 5.10. The van der Waals surface area contributed by atoms with Crippen molar-refractivity contribution in [3.8, 4) is 11.1 Å². The quantitative estimate of drug-likeness (QED) is 0.447. The van der Waals surface area contributed by atoms with Crippen molar-refractivity contribution in [1.82, 2.24) is 0 Å². The van der Waals surface area contributed by atoms with E-state index in [9.17, 15) is 0 Å². The fourth-order valence-corrected chi connectivity index (χ4v) is 4.04. The van der Waals surface area contributed by atoms with Crippen LogP contribution in [0.15, 0.2) is 48.5 Å². The van der Waals surface area contributed by atoms with Gasteiger partial charge in [0.15, 0.2) is 0 Å². The molecule has 0 amide bonds. The minimum Gasteiger partial charge on any atom is -0.0843 e. The highest BCUT2D eigenvalue weighted by Crippen LogP contribution is 2.50. The molecule has 0 saturated heterocycles. The van der Waals surface area contributed by atoms with Gasteiger partial charge in [-0.3, -0.25) is 0 Å². The van der Waals surface area contributed by atoms with E-state index in [1.54, 1.807) is 0 Å². The molecule has 0 aliphatic heterocycles. The number of rotatable bonds is 0. The van der Waals surface area contributed by atoms with Crippen LogP contribution in [0.25, 0.3) is 21.9 Å². The molecule has 0 radical (unpaired) electrons. The van der Waals surface area contributed by atoms with Gasteiger partial charge in [-0.15, -0.1) is 0 Å². The summed E-state index contributed by atoms with van der Waals surface area (Å²) in [5, 5.41) is 3.56. The van der Waals surface area contributed by atoms with Gasteiger partial charge >= 0.3 is 0 Å². The van der Waals surface area contributed by atoms with Crippen molar-refractivity contribution < 1.29 is 0 Å². The van der Waals surface area contributed by atoms with Crippen LogP contribution in [0.5, 0.6) is 0 Å². The predicted molar refractivity (Wildman–Crippen MR) is 91.5 cm³/mol. The van der Waals surface area contributed by atoms with Gasteiger partial charge in [-0.25, -0.2) is 0 Å². The highest BCUT2D eigenvalue weighted by atomic mass is 35.5. The summed E-state index contributed by atoms with van der Waals surface area (Å²) in [7, 11) is 0. The first kappa shape index (κ1) is 13.2. The first-order valence-corrected chi connectivity index (χ1v) is 7.77. The molecule has 1 aliphatic rings. The summed E-state index contributed by atoms with van der Waals surface area (Å²) in [6, 6.07) is 16.9. The first-order valence-electron chi connectivity index (χ1n) is 7.01. The number of hydrogen-bond donors (Lipinski definition) is 0. The average Bonchev–Trinajstić information content (AvgIpc) is 2.66. The molecule has 0 unspecified atom stereocenters. The predicted octanol–water partition coefficient (Wildman–Crippen LogP) is 6.45. The Morgan fingerprint density at radius 3 is 2.38 bits per heavy atom. The van der Waals surface area contributed by atoms with E-state index >= 15 is 0 Å². The molecule has 0 aromatic heterocycles. The summed E-state index contributed by atoms with van der Waals surface area (Å²) in [4.78, 5) is 0. The maximum absolute atomic E-state index is 6.38. The second-order valence-corrected chi connectivity index (χ2v) is 7.02. The van der Waals surface area contributed by atoms with Gasteiger partial charge in [0.05, 0.1) is 0 Å². The first-order chi connectivity index (χ1) is 9.98. The Kier molecular flexibility index (Phi) is 2.67. The van der Waals surface area contributed by atoms with Crippen molar-refractivity contribution in [2.45, 2.75) is 19.3 Å². The van der Waals surface area contributed by atoms with Gasteiger partial charge in [-0.2, -0.15) is 0 Å². The smallest absolute Gasteiger partial charge is 0.0499 e. The number of benzene rings is 3. The SMILES string of the molecule is CC1(C)c2ccccc2-c2cc3cc(Cl)cc(Cl)c3cc21. The van der Waals surface area contributed by atoms with E-state index in [-0.39, 0.29) is 5.41 Å². The van der Waals surface area contributed by atoms with Gasteiger partial charge in [0.2, 0.25) is 0 Å². The number of hydrogen-bond acceptors (Lipinski definition) is 0. The van der Waals surface area contributed by atoms with Crippen LogP contribution in [0.3, 0.4) is 0 Å². The van der Waals surface area contributed by atoms with Crippen LogP contribution < -0.4 is 0 Å². The Hall–Kier alpha value is -1.50. The van der Waals surface area contributed by atoms with Crippen LogP contribution >= 0.6 is 23.2 Å². The van der Waals surface area contributed by atoms with E-state index in [4.69, 9.17) is 23.2 Å². The van der Waals surface area contributed by atoms with Crippen LogP contribution in [0.2, 0.25) is 10.0 Å². The summed E-state index contributed by atoms with van der Waals surface area (Å²) in [6.45, 7) is 4.54. The Balaban J connectivity index is 2.14. The van der Waals surface area contributed by atoms with Crippen LogP contribution in [-0.2, 0) is 5.41 Å². The fraction of sp³-hybridized carbons (Fsp3) is 0.158. The second-order valence-electron chi connectivity index (χ2n) is 6.18. The van der Waals surface area contributed by atoms with E-state index in [0.29, 0.717) is 10.0 Å². The number of fused-ring (bicyclic) bond motifs is 4. The van der Waals surface area contributed by atoms with E-state index in [1.165, 1.54) is 22.3 Å². The maximum Gasteiger partial charge on any atom is 0.0499 e. The Labute approximate surface area is 134 Å². The highest BCUT2D eigenvalue weighted by Gasteiger charge is 2.35. The molecule has 3 aromatic rings. The maximum atomic E-state index is 6.38. The van der Waals surface area contributed by atoms with Crippen molar-refractivity contribution in [2.75, 3.05) is 0 Å². The second kappa shape index (κ2) is 4.25. The normalized spacial score (nSPS) is 15.0. The largest absolute Gasteiger partial charge is 0.0843 e. The van der Waals surface area contributed by atoms with Gasteiger partial charge in [0.1, 0.15) is 0 Å². The molecule has 0 heterocycles. The highest BCUT2D eigenvalue weighted by molar-refractivity contribution is 6.38. The molecule has 21 heavy (non-hydrogen) atoms. The zero-order valence-corrected chi connectivity index (χ0v) is 13.4. The minimum absolute atomic E-state index is 0.00306. The van der Waals surface area contributed by atoms with Gasteiger partial charge in [-0.1, -0.05) is 61.3 Å². The standard InChI is InChI=1S/C19H14Cl2/c1-19(2)16-6-4-3-5-13(16)15-8-11-7-12(20)9-18(21)14(11)10-17(15)19/h3-10H,1-2H3. The molecule has 0 atom stereocenters. The molecule has 2 heteroatoms. The molecule has 104 valence electrons. The van der Waals surface area contributed by atoms with Gasteiger partial charge < -0.3 is 0 Å². The summed E-state index contributed by atoms with van der Waals surface area (Å²) in [5.74, 6) is 0. The summed E-state index contributed by atoms with van der Waals surface area (Å²) in [5.41, 5.74) is 5.32. The van der Waals surface area contributed by atoms with Crippen molar-refractivity contribution >= 4 is 34.0 Å². The van der Waals surface area contributed by atoms with Crippen molar-refractivity contribution in [2.24, 2.45) is 0 Å². The molecule has 0 spiro atoms. The van der Waals surface area contributed by atoms with Crippen LogP contribution in [-0.4, -0.2) is 0 Å². The van der Waals surface area contributed by atoms with Crippen LogP contribution in [0.1, 0.15) is 25.0 Å². The van der Waals surface area contributed by atoms with Gasteiger partial charge in [0.25, 0.3) is 0 Å². The third kappa shape index (κ3) is 1.76. The molecular weight excluding hydrogens is 299 g/mol. The molecular formula is C19H14Cl2. The number of halogens is 2. The van der Waals surface area contributed by atoms with E-state index < -0.39 is 0 Å². The molecule has 0 N–H and O–H groups in total. The lowest BCUT2D eigenvalue weighted by Gasteiger charge is -2.21. The molecule has 1 aliphatic carbocycles. The summed E-state index contributed by atoms with van der Waals surface area (Å²) < 4.78 is 0. The Morgan fingerprint density at radius 2 is 1.57 bits per heavy atom. The molecule has 0 saturated carbocycles. The summed E-state index contributed by atoms with van der Waals surface area (Å²) in [6.07, 6.45) is 0. The topological polar surface area (TPSA) is 0 Å². The molecule has 4 rings (SSSR count). The van der Waals surface area contributed by atoms with Crippen molar-refractivity contribution in [3.05, 3.63) is 69.7 Å². The average molecular weight is 313 g/mol. The van der Waals surface area contributed by atoms with E-state index in [0.717, 1.165) is 10.8 Å². The van der Waals surface area contributed by atoms with Crippen LogP contribution in [0.4, 0.5) is 0 Å². The van der Waals surface area contributed by atoms with Gasteiger partial charge in [-0.05, 0) is 51.9 Å². The monoisotopic (exact) mass is 312 g/mol. The van der Waals surface area contributed by atoms with E-state index in [1.807, 2.05) is 12.1 Å². The molecule has 0 bridgehead atoms. The van der Waals surface area contributed by atoms with E-state index in [2.05, 4.69) is 50.2 Å². The third-order valence-electron chi connectivity index (χ3n) is 4.57. The van der Waals surface area contributed by atoms with Gasteiger partial charge in [0, 0.05) is 20.8 Å².